The third-order valence-corrected chi connectivity index (χ3v) is 14.5. The van der Waals surface area contributed by atoms with Gasteiger partial charge in [-0.3, -0.25) is 0 Å². The number of fused-ring (bicyclic) bond motifs is 14. The lowest BCUT2D eigenvalue weighted by atomic mass is 9.69. The molecule has 3 heteroatoms. The average Bonchev–Trinajstić information content (AvgIpc) is 4.01. The fourth-order valence-corrected chi connectivity index (χ4v) is 11.9. The fourth-order valence-electron chi connectivity index (χ4n) is 11.9. The second-order valence-electron chi connectivity index (χ2n) is 18.0. The quantitative estimate of drug-likeness (QED) is 0.158. The second-order valence-corrected chi connectivity index (χ2v) is 18.0. The van der Waals surface area contributed by atoms with Gasteiger partial charge in [-0.1, -0.05) is 182 Å². The zero-order chi connectivity index (χ0) is 44.8. The molecule has 0 aliphatic heterocycles. The molecule has 1 heterocycles. The number of benzene rings is 11. The number of hydrogen-bond donors (Lipinski definition) is 0. The first-order valence-corrected chi connectivity index (χ1v) is 23.5. The lowest BCUT2D eigenvalue weighted by Crippen LogP contribution is -2.28. The summed E-state index contributed by atoms with van der Waals surface area (Å²) in [5.41, 5.74) is 19.7. The van der Waals surface area contributed by atoms with E-state index in [1.807, 2.05) is 0 Å². The van der Waals surface area contributed by atoms with Crippen molar-refractivity contribution in [3.8, 4) is 27.9 Å². The molecule has 1 spiro atoms. The van der Waals surface area contributed by atoms with Crippen LogP contribution in [0.1, 0.15) is 22.3 Å². The number of aromatic nitrogens is 1. The summed E-state index contributed by atoms with van der Waals surface area (Å²) >= 11 is 0. The molecular formula is C65H43N3. The Labute approximate surface area is 395 Å². The summed E-state index contributed by atoms with van der Waals surface area (Å²) in [4.78, 5) is 4.96. The van der Waals surface area contributed by atoms with Crippen molar-refractivity contribution in [3.63, 3.8) is 0 Å². The van der Waals surface area contributed by atoms with E-state index < -0.39 is 5.41 Å². The van der Waals surface area contributed by atoms with Crippen molar-refractivity contribution in [2.45, 2.75) is 5.41 Å². The summed E-state index contributed by atoms with van der Waals surface area (Å²) in [5, 5.41) is 4.85. The van der Waals surface area contributed by atoms with Crippen LogP contribution in [-0.4, -0.2) is 4.57 Å². The predicted octanol–water partition coefficient (Wildman–Crippen LogP) is 17.2. The molecule has 0 amide bonds. The molecule has 11 aromatic carbocycles. The lowest BCUT2D eigenvalue weighted by molar-refractivity contribution is 0.793. The highest BCUT2D eigenvalue weighted by molar-refractivity contribution is 6.11. The first kappa shape index (κ1) is 38.4. The smallest absolute Gasteiger partial charge is 0.0746 e. The summed E-state index contributed by atoms with van der Waals surface area (Å²) in [6, 6.07) is 96.3. The summed E-state index contributed by atoms with van der Waals surface area (Å²) in [6.45, 7) is 0. The Morgan fingerprint density at radius 3 is 1.56 bits per heavy atom. The molecule has 3 nitrogen and oxygen atoms in total. The minimum absolute atomic E-state index is 0.657. The highest BCUT2D eigenvalue weighted by Crippen LogP contribution is 2.66. The Morgan fingerprint density at radius 1 is 0.294 bits per heavy atom. The molecule has 1 atom stereocenters. The molecule has 0 saturated heterocycles. The van der Waals surface area contributed by atoms with Crippen molar-refractivity contribution in [2.75, 3.05) is 9.80 Å². The van der Waals surface area contributed by atoms with Crippen molar-refractivity contribution in [3.05, 3.63) is 283 Å². The van der Waals surface area contributed by atoms with Gasteiger partial charge in [0, 0.05) is 50.2 Å². The van der Waals surface area contributed by atoms with Crippen LogP contribution in [0.5, 0.6) is 0 Å². The van der Waals surface area contributed by atoms with Gasteiger partial charge in [-0.05, 0) is 123 Å². The molecule has 2 aliphatic rings. The first-order chi connectivity index (χ1) is 33.8. The molecule has 68 heavy (non-hydrogen) atoms. The SMILES string of the molecule is c1ccc(N(c2ccccc2)c2ccc3c(c2)C2(c4ccccc4-3)c3ccccc3-c3cccc(N(c4ccc5c6ccccc6n(-c6ccccc6)c5c4)c4cccc5ccccc45)c32)cc1. The maximum Gasteiger partial charge on any atom is 0.0746 e. The van der Waals surface area contributed by atoms with E-state index in [4.69, 9.17) is 0 Å². The zero-order valence-corrected chi connectivity index (χ0v) is 37.2. The lowest BCUT2D eigenvalue weighted by Gasteiger charge is -2.36. The minimum atomic E-state index is -0.657. The highest BCUT2D eigenvalue weighted by Gasteiger charge is 2.53. The zero-order valence-electron chi connectivity index (χ0n) is 37.2. The Kier molecular flexibility index (Phi) is 8.50. The third kappa shape index (κ3) is 5.47. The van der Waals surface area contributed by atoms with E-state index in [0.29, 0.717) is 0 Å². The van der Waals surface area contributed by atoms with Gasteiger partial charge in [0.15, 0.2) is 0 Å². The van der Waals surface area contributed by atoms with Crippen LogP contribution in [0.2, 0.25) is 0 Å². The van der Waals surface area contributed by atoms with Gasteiger partial charge in [-0.15, -0.1) is 0 Å². The summed E-state index contributed by atoms with van der Waals surface area (Å²) in [7, 11) is 0. The predicted molar refractivity (Wildman–Crippen MR) is 284 cm³/mol. The fraction of sp³-hybridized carbons (Fsp3) is 0.0154. The number of nitrogens with zero attached hydrogens (tertiary/aromatic N) is 3. The molecule has 0 bridgehead atoms. The van der Waals surface area contributed by atoms with Crippen LogP contribution in [0.15, 0.2) is 261 Å². The monoisotopic (exact) mass is 865 g/mol. The standard InChI is InChI=1S/C65H43N3/c1-4-22-45(23-5-1)66(46-24-6-2-7-25-46)48-38-40-53-51-29-12-15-33-57(51)65(59(53)42-48)58-34-16-13-30-52(58)56-32-19-37-62(64(56)65)68(60-36-18-21-44-20-10-11-28-50(44)60)49-39-41-55-54-31-14-17-35-61(54)67(63(55)43-49)47-26-8-3-9-27-47/h1-43H. The van der Waals surface area contributed by atoms with Gasteiger partial charge in [0.05, 0.1) is 27.8 Å². The van der Waals surface area contributed by atoms with E-state index in [9.17, 15) is 0 Å². The summed E-state index contributed by atoms with van der Waals surface area (Å²) in [6.07, 6.45) is 0. The van der Waals surface area contributed by atoms with Crippen molar-refractivity contribution in [2.24, 2.45) is 0 Å². The van der Waals surface area contributed by atoms with Crippen molar-refractivity contribution >= 4 is 66.7 Å². The Bertz CT molecular complexity index is 3870. The molecule has 12 aromatic rings. The second kappa shape index (κ2) is 15.1. The number of para-hydroxylation sites is 4. The van der Waals surface area contributed by atoms with E-state index in [1.165, 1.54) is 71.6 Å². The van der Waals surface area contributed by atoms with Crippen LogP contribution in [0.25, 0.3) is 60.5 Å². The molecule has 2 aliphatic carbocycles. The number of hydrogen-bond acceptors (Lipinski definition) is 2. The topological polar surface area (TPSA) is 11.4 Å². The Morgan fingerprint density at radius 2 is 0.809 bits per heavy atom. The molecule has 318 valence electrons. The van der Waals surface area contributed by atoms with E-state index >= 15 is 0 Å². The Balaban J connectivity index is 1.09. The maximum absolute atomic E-state index is 2.56. The summed E-state index contributed by atoms with van der Waals surface area (Å²) in [5.74, 6) is 0. The molecule has 0 radical (unpaired) electrons. The van der Waals surface area contributed by atoms with Crippen molar-refractivity contribution in [1.29, 1.82) is 0 Å². The minimum Gasteiger partial charge on any atom is -0.310 e. The largest absolute Gasteiger partial charge is 0.310 e. The van der Waals surface area contributed by atoms with E-state index in [-0.39, 0.29) is 0 Å². The maximum atomic E-state index is 2.56. The van der Waals surface area contributed by atoms with Crippen LogP contribution in [-0.2, 0) is 5.41 Å². The molecule has 1 unspecified atom stereocenters. The number of anilines is 6. The molecule has 0 saturated carbocycles. The number of rotatable bonds is 7. The van der Waals surface area contributed by atoms with Gasteiger partial charge in [-0.2, -0.15) is 0 Å². The third-order valence-electron chi connectivity index (χ3n) is 14.5. The van der Waals surface area contributed by atoms with Gasteiger partial charge < -0.3 is 14.4 Å². The Hall–Kier alpha value is -8.92. The first-order valence-electron chi connectivity index (χ1n) is 23.5. The highest BCUT2D eigenvalue weighted by atomic mass is 15.2. The van der Waals surface area contributed by atoms with Crippen LogP contribution in [0.4, 0.5) is 34.1 Å². The van der Waals surface area contributed by atoms with E-state index in [2.05, 4.69) is 275 Å². The van der Waals surface area contributed by atoms with Gasteiger partial charge in [0.25, 0.3) is 0 Å². The van der Waals surface area contributed by atoms with Crippen molar-refractivity contribution in [1.82, 2.24) is 4.57 Å². The van der Waals surface area contributed by atoms with Crippen LogP contribution in [0.3, 0.4) is 0 Å². The normalized spacial score (nSPS) is 14.2. The van der Waals surface area contributed by atoms with Crippen LogP contribution in [0, 0.1) is 0 Å². The average molecular weight is 866 g/mol. The summed E-state index contributed by atoms with van der Waals surface area (Å²) < 4.78 is 2.43. The van der Waals surface area contributed by atoms with Gasteiger partial charge >= 0.3 is 0 Å². The van der Waals surface area contributed by atoms with Gasteiger partial charge in [0.2, 0.25) is 0 Å². The van der Waals surface area contributed by atoms with E-state index in [1.54, 1.807) is 0 Å². The molecule has 0 fully saturated rings. The van der Waals surface area contributed by atoms with Gasteiger partial charge in [-0.25, -0.2) is 0 Å². The molecular weight excluding hydrogens is 823 g/mol. The molecule has 0 N–H and O–H groups in total. The van der Waals surface area contributed by atoms with Crippen LogP contribution >= 0.6 is 0 Å². The molecule has 1 aromatic heterocycles. The van der Waals surface area contributed by atoms with Crippen molar-refractivity contribution < 1.29 is 0 Å². The van der Waals surface area contributed by atoms with Crippen LogP contribution < -0.4 is 9.80 Å². The van der Waals surface area contributed by atoms with Gasteiger partial charge in [0.1, 0.15) is 0 Å². The van der Waals surface area contributed by atoms with E-state index in [0.717, 1.165) is 45.3 Å². The molecule has 14 rings (SSSR count).